The summed E-state index contributed by atoms with van der Waals surface area (Å²) in [4.78, 5) is 0. The Labute approximate surface area is 102 Å². The van der Waals surface area contributed by atoms with Crippen LogP contribution in [0.5, 0.6) is 11.5 Å². The molecule has 0 unspecified atom stereocenters. The van der Waals surface area contributed by atoms with E-state index in [2.05, 4.69) is 0 Å². The molecular weight excluding hydrogens is 216 g/mol. The van der Waals surface area contributed by atoms with Gasteiger partial charge in [-0.3, -0.25) is 0 Å². The molecule has 0 aliphatic heterocycles. The lowest BCUT2D eigenvalue weighted by atomic mass is 10.1. The quantitative estimate of drug-likeness (QED) is 0.850. The van der Waals surface area contributed by atoms with Gasteiger partial charge in [-0.15, -0.1) is 0 Å². The molecule has 0 spiro atoms. The normalized spacial score (nSPS) is 17.1. The zero-order chi connectivity index (χ0) is 12.3. The van der Waals surface area contributed by atoms with Crippen LogP contribution in [0.15, 0.2) is 24.3 Å². The Morgan fingerprint density at radius 3 is 2.53 bits per heavy atom. The fraction of sp³-hybridized carbons (Fsp3) is 0.429. The van der Waals surface area contributed by atoms with Crippen molar-refractivity contribution in [3.8, 4) is 11.5 Å². The molecule has 1 aliphatic rings. The fourth-order valence-corrected chi connectivity index (χ4v) is 1.76. The molecule has 0 bridgehead atoms. The molecular formula is C14H18O3. The summed E-state index contributed by atoms with van der Waals surface area (Å²) in [7, 11) is 3.23. The summed E-state index contributed by atoms with van der Waals surface area (Å²) in [6, 6.07) is 5.70. The Kier molecular flexibility index (Phi) is 3.69. The second-order valence-electron chi connectivity index (χ2n) is 4.30. The Morgan fingerprint density at radius 1 is 1.24 bits per heavy atom. The van der Waals surface area contributed by atoms with E-state index in [0.29, 0.717) is 17.4 Å². The van der Waals surface area contributed by atoms with Crippen molar-refractivity contribution in [2.45, 2.75) is 18.9 Å². The SMILES string of the molecule is COc1ccc(/C=C/[C@@H](O)C2CC2)cc1OC. The molecule has 1 saturated carbocycles. The number of rotatable bonds is 5. The van der Waals surface area contributed by atoms with Gasteiger partial charge in [0, 0.05) is 0 Å². The van der Waals surface area contributed by atoms with Gasteiger partial charge in [0.05, 0.1) is 20.3 Å². The van der Waals surface area contributed by atoms with Crippen molar-refractivity contribution in [3.05, 3.63) is 29.8 Å². The van der Waals surface area contributed by atoms with Gasteiger partial charge >= 0.3 is 0 Å². The summed E-state index contributed by atoms with van der Waals surface area (Å²) in [6.45, 7) is 0. The minimum atomic E-state index is -0.317. The maximum absolute atomic E-state index is 9.73. The van der Waals surface area contributed by atoms with Crippen molar-refractivity contribution in [1.29, 1.82) is 0 Å². The molecule has 1 aromatic rings. The van der Waals surface area contributed by atoms with Gasteiger partial charge in [0.2, 0.25) is 0 Å². The first-order chi connectivity index (χ1) is 8.24. The van der Waals surface area contributed by atoms with E-state index in [1.54, 1.807) is 14.2 Å². The average Bonchev–Trinajstić information content (AvgIpc) is 3.19. The first-order valence-electron chi connectivity index (χ1n) is 5.83. The summed E-state index contributed by atoms with van der Waals surface area (Å²) >= 11 is 0. The molecule has 0 radical (unpaired) electrons. The maximum Gasteiger partial charge on any atom is 0.161 e. The third-order valence-electron chi connectivity index (χ3n) is 3.00. The highest BCUT2D eigenvalue weighted by Crippen LogP contribution is 2.33. The molecule has 1 fully saturated rings. The predicted molar refractivity (Wildman–Crippen MR) is 67.3 cm³/mol. The number of methoxy groups -OCH3 is 2. The fourth-order valence-electron chi connectivity index (χ4n) is 1.76. The van der Waals surface area contributed by atoms with E-state index < -0.39 is 0 Å². The minimum Gasteiger partial charge on any atom is -0.493 e. The Hall–Kier alpha value is -1.48. The number of aliphatic hydroxyl groups excluding tert-OH is 1. The second kappa shape index (κ2) is 5.23. The highest BCUT2D eigenvalue weighted by molar-refractivity contribution is 5.56. The molecule has 1 aliphatic carbocycles. The molecule has 2 rings (SSSR count). The van der Waals surface area contributed by atoms with E-state index in [0.717, 1.165) is 18.4 Å². The third kappa shape index (κ3) is 3.01. The topological polar surface area (TPSA) is 38.7 Å². The van der Waals surface area contributed by atoms with Gasteiger partial charge < -0.3 is 14.6 Å². The van der Waals surface area contributed by atoms with Gasteiger partial charge in [0.15, 0.2) is 11.5 Å². The van der Waals surface area contributed by atoms with Gasteiger partial charge in [-0.2, -0.15) is 0 Å². The average molecular weight is 234 g/mol. The second-order valence-corrected chi connectivity index (χ2v) is 4.30. The first kappa shape index (κ1) is 12.0. The Bertz CT molecular complexity index is 408. The summed E-state index contributed by atoms with van der Waals surface area (Å²) in [5.74, 6) is 1.88. The van der Waals surface area contributed by atoms with Crippen molar-refractivity contribution in [2.24, 2.45) is 5.92 Å². The van der Waals surface area contributed by atoms with Gasteiger partial charge in [-0.25, -0.2) is 0 Å². The van der Waals surface area contributed by atoms with Crippen LogP contribution in [0.4, 0.5) is 0 Å². The number of hydrogen-bond donors (Lipinski definition) is 1. The molecule has 3 heteroatoms. The van der Waals surface area contributed by atoms with E-state index in [9.17, 15) is 5.11 Å². The molecule has 1 aromatic carbocycles. The zero-order valence-corrected chi connectivity index (χ0v) is 10.2. The van der Waals surface area contributed by atoms with Crippen LogP contribution < -0.4 is 9.47 Å². The van der Waals surface area contributed by atoms with E-state index >= 15 is 0 Å². The van der Waals surface area contributed by atoms with Crippen molar-refractivity contribution in [3.63, 3.8) is 0 Å². The van der Waals surface area contributed by atoms with Gasteiger partial charge in [0.25, 0.3) is 0 Å². The van der Waals surface area contributed by atoms with E-state index in [1.807, 2.05) is 30.4 Å². The minimum absolute atomic E-state index is 0.317. The lowest BCUT2D eigenvalue weighted by Crippen LogP contribution is -2.03. The van der Waals surface area contributed by atoms with Crippen LogP contribution in [0.3, 0.4) is 0 Å². The molecule has 1 atom stereocenters. The van der Waals surface area contributed by atoms with Crippen LogP contribution in [0.1, 0.15) is 18.4 Å². The molecule has 0 aromatic heterocycles. The monoisotopic (exact) mass is 234 g/mol. The van der Waals surface area contributed by atoms with Crippen molar-refractivity contribution in [2.75, 3.05) is 14.2 Å². The van der Waals surface area contributed by atoms with Gasteiger partial charge in [0.1, 0.15) is 0 Å². The van der Waals surface area contributed by atoms with Gasteiger partial charge in [-0.05, 0) is 36.5 Å². The third-order valence-corrected chi connectivity index (χ3v) is 3.00. The number of hydrogen-bond acceptors (Lipinski definition) is 3. The predicted octanol–water partition coefficient (Wildman–Crippen LogP) is 2.49. The number of benzene rings is 1. The summed E-state index contributed by atoms with van der Waals surface area (Å²) in [5.41, 5.74) is 1.00. The number of aliphatic hydroxyl groups is 1. The molecule has 0 saturated heterocycles. The van der Waals surface area contributed by atoms with Crippen LogP contribution in [-0.4, -0.2) is 25.4 Å². The highest BCUT2D eigenvalue weighted by Gasteiger charge is 2.27. The molecule has 92 valence electrons. The lowest BCUT2D eigenvalue weighted by Gasteiger charge is -2.08. The Balaban J connectivity index is 2.10. The van der Waals surface area contributed by atoms with Crippen LogP contribution in [-0.2, 0) is 0 Å². The van der Waals surface area contributed by atoms with E-state index in [1.165, 1.54) is 0 Å². The van der Waals surface area contributed by atoms with Crippen LogP contribution in [0, 0.1) is 5.92 Å². The molecule has 3 nitrogen and oxygen atoms in total. The van der Waals surface area contributed by atoms with E-state index in [4.69, 9.17) is 9.47 Å². The van der Waals surface area contributed by atoms with Crippen molar-refractivity contribution < 1.29 is 14.6 Å². The van der Waals surface area contributed by atoms with Crippen LogP contribution in [0.25, 0.3) is 6.08 Å². The Morgan fingerprint density at radius 2 is 1.94 bits per heavy atom. The van der Waals surface area contributed by atoms with Crippen LogP contribution >= 0.6 is 0 Å². The molecule has 1 N–H and O–H groups in total. The highest BCUT2D eigenvalue weighted by atomic mass is 16.5. The van der Waals surface area contributed by atoms with Crippen molar-refractivity contribution >= 4 is 6.08 Å². The zero-order valence-electron chi connectivity index (χ0n) is 10.2. The smallest absolute Gasteiger partial charge is 0.161 e. The van der Waals surface area contributed by atoms with Gasteiger partial charge in [-0.1, -0.05) is 18.2 Å². The largest absolute Gasteiger partial charge is 0.493 e. The molecule has 0 heterocycles. The summed E-state index contributed by atoms with van der Waals surface area (Å²) in [6.07, 6.45) is 5.72. The molecule has 0 amide bonds. The summed E-state index contributed by atoms with van der Waals surface area (Å²) < 4.78 is 10.4. The van der Waals surface area contributed by atoms with E-state index in [-0.39, 0.29) is 6.10 Å². The first-order valence-corrected chi connectivity index (χ1v) is 5.83. The maximum atomic E-state index is 9.73. The van der Waals surface area contributed by atoms with Crippen LogP contribution in [0.2, 0.25) is 0 Å². The van der Waals surface area contributed by atoms with Crippen molar-refractivity contribution in [1.82, 2.24) is 0 Å². The number of ether oxygens (including phenoxy) is 2. The standard InChI is InChI=1S/C14H18O3/c1-16-13-8-4-10(9-14(13)17-2)3-7-12(15)11-5-6-11/h3-4,7-9,11-12,15H,5-6H2,1-2H3/b7-3+/t12-/m1/s1. The molecule has 17 heavy (non-hydrogen) atoms. The lowest BCUT2D eigenvalue weighted by molar-refractivity contribution is 0.200. The summed E-state index contributed by atoms with van der Waals surface area (Å²) in [5, 5.41) is 9.73.